The third-order valence-corrected chi connectivity index (χ3v) is 6.34. The molecular formula is C30H37ClN4O5. The number of imidazole rings is 1. The molecule has 3 rings (SSSR count). The molecule has 0 fully saturated rings. The third-order valence-electron chi connectivity index (χ3n) is 6.04. The number of ether oxygens (including phenoxy) is 2. The Balaban J connectivity index is 1.69. The Kier molecular flexibility index (Phi) is 12.2. The molecule has 0 aliphatic rings. The van der Waals surface area contributed by atoms with Gasteiger partial charge in [-0.3, -0.25) is 14.5 Å². The molecular weight excluding hydrogens is 532 g/mol. The van der Waals surface area contributed by atoms with Gasteiger partial charge >= 0.3 is 5.97 Å². The first-order valence-corrected chi connectivity index (χ1v) is 13.8. The van der Waals surface area contributed by atoms with E-state index < -0.39 is 0 Å². The fourth-order valence-corrected chi connectivity index (χ4v) is 4.26. The lowest BCUT2D eigenvalue weighted by molar-refractivity contribution is -0.144. The summed E-state index contributed by atoms with van der Waals surface area (Å²) in [6.07, 6.45) is 5.46. The number of nitrogens with zero attached hydrogens (tertiary/aromatic N) is 2. The summed E-state index contributed by atoms with van der Waals surface area (Å²) in [5, 5.41) is 3.44. The fraction of sp³-hybridized carbons (Fsp3) is 0.400. The monoisotopic (exact) mass is 568 g/mol. The zero-order chi connectivity index (χ0) is 28.9. The van der Waals surface area contributed by atoms with E-state index in [1.165, 1.54) is 0 Å². The average Bonchev–Trinajstić information content (AvgIpc) is 3.40. The van der Waals surface area contributed by atoms with Gasteiger partial charge in [0, 0.05) is 30.9 Å². The van der Waals surface area contributed by atoms with Crippen LogP contribution in [-0.4, -0.2) is 72.9 Å². The Morgan fingerprint density at radius 2 is 1.93 bits per heavy atom. The Hall–Kier alpha value is -3.69. The molecule has 9 nitrogen and oxygen atoms in total. The van der Waals surface area contributed by atoms with E-state index in [9.17, 15) is 14.4 Å². The molecule has 1 amide bonds. The number of aromatic amines is 1. The van der Waals surface area contributed by atoms with E-state index >= 15 is 0 Å². The van der Waals surface area contributed by atoms with Crippen LogP contribution in [0.25, 0.3) is 11.3 Å². The van der Waals surface area contributed by atoms with Crippen molar-refractivity contribution in [3.63, 3.8) is 0 Å². The van der Waals surface area contributed by atoms with E-state index in [-0.39, 0.29) is 31.1 Å². The van der Waals surface area contributed by atoms with Crippen LogP contribution in [-0.2, 0) is 27.2 Å². The summed E-state index contributed by atoms with van der Waals surface area (Å²) in [5.74, 6) is 0.715. The van der Waals surface area contributed by atoms with Crippen molar-refractivity contribution in [2.75, 3.05) is 33.9 Å². The maximum atomic E-state index is 13.1. The Bertz CT molecular complexity index is 1260. The van der Waals surface area contributed by atoms with Gasteiger partial charge in [0.1, 0.15) is 17.9 Å². The summed E-state index contributed by atoms with van der Waals surface area (Å²) < 4.78 is 11.0. The molecule has 3 aromatic rings. The number of likely N-dealkylation sites (N-methyl/N-ethyl adjacent to an activating group) is 1. The van der Waals surface area contributed by atoms with Crippen LogP contribution in [0.2, 0.25) is 5.02 Å². The maximum Gasteiger partial charge on any atom is 0.320 e. The number of hydrogen-bond acceptors (Lipinski definition) is 7. The number of hydrogen-bond donors (Lipinski definition) is 2. The number of aromatic nitrogens is 2. The predicted molar refractivity (Wildman–Crippen MR) is 155 cm³/mol. The number of H-pyrrole nitrogens is 1. The molecule has 2 N–H and O–H groups in total. The van der Waals surface area contributed by atoms with Gasteiger partial charge in [-0.15, -0.1) is 0 Å². The zero-order valence-electron chi connectivity index (χ0n) is 23.2. The molecule has 2 aromatic carbocycles. The highest BCUT2D eigenvalue weighted by atomic mass is 35.5. The number of amides is 1. The highest BCUT2D eigenvalue weighted by molar-refractivity contribution is 6.32. The Labute approximate surface area is 240 Å². The van der Waals surface area contributed by atoms with Crippen molar-refractivity contribution in [2.24, 2.45) is 0 Å². The number of rotatable bonds is 16. The highest BCUT2D eigenvalue weighted by Crippen LogP contribution is 2.26. The van der Waals surface area contributed by atoms with Gasteiger partial charge in [-0.25, -0.2) is 4.98 Å². The Morgan fingerprint density at radius 1 is 1.15 bits per heavy atom. The quantitative estimate of drug-likeness (QED) is 0.193. The van der Waals surface area contributed by atoms with Gasteiger partial charge in [0.25, 0.3) is 5.91 Å². The number of aldehydes is 1. The number of halogens is 1. The van der Waals surface area contributed by atoms with Crippen molar-refractivity contribution in [3.05, 3.63) is 70.6 Å². The van der Waals surface area contributed by atoms with Crippen LogP contribution >= 0.6 is 11.6 Å². The van der Waals surface area contributed by atoms with Gasteiger partial charge in [-0.1, -0.05) is 42.8 Å². The number of carbonyl (C=O) groups excluding carboxylic acids is 3. The topological polar surface area (TPSA) is 114 Å². The van der Waals surface area contributed by atoms with Gasteiger partial charge in [-0.2, -0.15) is 0 Å². The van der Waals surface area contributed by atoms with Crippen LogP contribution < -0.4 is 10.1 Å². The molecule has 214 valence electrons. The molecule has 0 saturated carbocycles. The highest BCUT2D eigenvalue weighted by Gasteiger charge is 2.17. The third kappa shape index (κ3) is 9.81. The molecule has 0 spiro atoms. The molecule has 10 heteroatoms. The summed E-state index contributed by atoms with van der Waals surface area (Å²) >= 11 is 6.34. The van der Waals surface area contributed by atoms with Crippen LogP contribution in [0.15, 0.2) is 48.7 Å². The minimum atomic E-state index is -0.319. The lowest BCUT2D eigenvalue weighted by atomic mass is 10.0. The smallest absolute Gasteiger partial charge is 0.320 e. The second-order valence-corrected chi connectivity index (χ2v) is 10.2. The average molecular weight is 569 g/mol. The van der Waals surface area contributed by atoms with Crippen LogP contribution in [0.4, 0.5) is 0 Å². The summed E-state index contributed by atoms with van der Waals surface area (Å²) in [6, 6.07) is 12.6. The van der Waals surface area contributed by atoms with Crippen molar-refractivity contribution in [1.29, 1.82) is 0 Å². The van der Waals surface area contributed by atoms with Crippen molar-refractivity contribution in [1.82, 2.24) is 20.2 Å². The molecule has 1 atom stereocenters. The molecule has 0 radical (unpaired) electrons. The molecule has 0 unspecified atom stereocenters. The number of aryl methyl sites for hydroxylation is 1. The van der Waals surface area contributed by atoms with E-state index in [1.54, 1.807) is 43.4 Å². The molecule has 0 saturated heterocycles. The van der Waals surface area contributed by atoms with Gasteiger partial charge < -0.3 is 24.6 Å². The van der Waals surface area contributed by atoms with Gasteiger partial charge in [0.05, 0.1) is 36.7 Å². The summed E-state index contributed by atoms with van der Waals surface area (Å²) in [4.78, 5) is 45.1. The van der Waals surface area contributed by atoms with E-state index in [0.29, 0.717) is 48.6 Å². The number of esters is 1. The lowest BCUT2D eigenvalue weighted by Crippen LogP contribution is -2.37. The maximum absolute atomic E-state index is 13.1. The molecule has 0 aliphatic heterocycles. The van der Waals surface area contributed by atoms with Crippen LogP contribution in [0.1, 0.15) is 47.9 Å². The summed E-state index contributed by atoms with van der Waals surface area (Å²) in [6.45, 7) is 2.92. The van der Waals surface area contributed by atoms with E-state index in [4.69, 9.17) is 21.1 Å². The van der Waals surface area contributed by atoms with Gasteiger partial charge in [0.2, 0.25) is 0 Å². The Morgan fingerprint density at radius 3 is 2.60 bits per heavy atom. The molecule has 1 aromatic heterocycles. The first-order valence-electron chi connectivity index (χ1n) is 13.4. The molecule has 40 heavy (non-hydrogen) atoms. The first-order chi connectivity index (χ1) is 19.3. The zero-order valence-corrected chi connectivity index (χ0v) is 24.0. The normalized spacial score (nSPS) is 11.7. The summed E-state index contributed by atoms with van der Waals surface area (Å²) in [7, 11) is 3.60. The molecule has 0 aliphatic carbocycles. The van der Waals surface area contributed by atoms with E-state index in [0.717, 1.165) is 35.4 Å². The van der Waals surface area contributed by atoms with Crippen molar-refractivity contribution >= 4 is 29.8 Å². The standard InChI is InChI=1S/C30H37ClN4O5/c1-4-15-39-27-12-11-23(18-25(27)31)30(38)33-24(13-16-40-29(37)20-35(2)3)17-21-7-9-22(10-8-21)26-19-32-28(34-26)6-5-14-36/h7-12,14,18-19,24H,4-6,13,15-17,20H2,1-3H3,(H,32,34)(H,33,38)/t24-/m0/s1. The number of carbonyl (C=O) groups is 3. The number of benzene rings is 2. The number of nitrogens with one attached hydrogen (secondary N) is 2. The van der Waals surface area contributed by atoms with Crippen LogP contribution in [0, 0.1) is 0 Å². The first kappa shape index (κ1) is 30.8. The van der Waals surface area contributed by atoms with Crippen LogP contribution in [0.5, 0.6) is 5.75 Å². The minimum absolute atomic E-state index is 0.179. The minimum Gasteiger partial charge on any atom is -0.492 e. The van der Waals surface area contributed by atoms with Crippen molar-refractivity contribution in [3.8, 4) is 17.0 Å². The second-order valence-electron chi connectivity index (χ2n) is 9.76. The van der Waals surface area contributed by atoms with Crippen LogP contribution in [0.3, 0.4) is 0 Å². The molecule has 0 bridgehead atoms. The van der Waals surface area contributed by atoms with E-state index in [1.807, 2.05) is 31.2 Å². The van der Waals surface area contributed by atoms with Gasteiger partial charge in [0.15, 0.2) is 0 Å². The van der Waals surface area contributed by atoms with Crippen molar-refractivity contribution in [2.45, 2.75) is 45.1 Å². The molecule has 1 heterocycles. The lowest BCUT2D eigenvalue weighted by Gasteiger charge is -2.20. The predicted octanol–water partition coefficient (Wildman–Crippen LogP) is 4.49. The second kappa shape index (κ2) is 15.8. The fourth-order valence-electron chi connectivity index (χ4n) is 4.02. The summed E-state index contributed by atoms with van der Waals surface area (Å²) in [5.41, 5.74) is 3.26. The van der Waals surface area contributed by atoms with Crippen molar-refractivity contribution < 1.29 is 23.9 Å². The SMILES string of the molecule is CCCOc1ccc(C(=O)N[C@@H](CCOC(=O)CN(C)C)Cc2ccc(-c3cnc(CCC=O)[nH]3)cc2)cc1Cl. The van der Waals surface area contributed by atoms with E-state index in [2.05, 4.69) is 15.3 Å². The van der Waals surface area contributed by atoms with Gasteiger partial charge in [-0.05, 0) is 56.3 Å². The largest absolute Gasteiger partial charge is 0.492 e.